The average molecular weight is 363 g/mol. The third kappa shape index (κ3) is 4.45. The number of thiocarbonyl (C=S) groups is 1. The molecular weight excluding hydrogens is 336 g/mol. The van der Waals surface area contributed by atoms with Gasteiger partial charge in [-0.2, -0.15) is 5.10 Å². The molecule has 7 nitrogen and oxygen atoms in total. The van der Waals surface area contributed by atoms with Crippen LogP contribution in [0.4, 0.5) is 5.69 Å². The molecule has 1 N–H and O–H groups in total. The number of hydrogen-bond acceptors (Lipinski definition) is 6. The van der Waals surface area contributed by atoms with Gasteiger partial charge in [0.25, 0.3) is 0 Å². The number of hydrazone groups is 1. The molecule has 136 valence electrons. The lowest BCUT2D eigenvalue weighted by Crippen LogP contribution is -2.51. The van der Waals surface area contributed by atoms with Crippen LogP contribution in [0.1, 0.15) is 12.1 Å². The molecule has 8 heteroatoms. The minimum absolute atomic E-state index is 0.690. The van der Waals surface area contributed by atoms with E-state index in [-0.39, 0.29) is 0 Å². The molecule has 3 heterocycles. The van der Waals surface area contributed by atoms with Crippen molar-refractivity contribution in [3.8, 4) is 0 Å². The van der Waals surface area contributed by atoms with Crippen molar-refractivity contribution in [2.24, 2.45) is 5.10 Å². The van der Waals surface area contributed by atoms with Gasteiger partial charge in [0.1, 0.15) is 5.69 Å². The second-order valence-corrected chi connectivity index (χ2v) is 6.73. The lowest BCUT2D eigenvalue weighted by molar-refractivity contribution is 0.120. The fraction of sp³-hybridized carbons (Fsp3) is 0.588. The highest BCUT2D eigenvalue weighted by Gasteiger charge is 2.21. The Labute approximate surface area is 154 Å². The maximum Gasteiger partial charge on any atom is 0.189 e. The minimum atomic E-state index is 0.690. The normalized spacial score (nSPS) is 19.8. The molecular formula is C17H26N6OS. The van der Waals surface area contributed by atoms with E-state index in [1.54, 1.807) is 7.11 Å². The highest BCUT2D eigenvalue weighted by atomic mass is 32.1. The van der Waals surface area contributed by atoms with Crippen LogP contribution in [0.3, 0.4) is 0 Å². The van der Waals surface area contributed by atoms with Crippen LogP contribution < -0.4 is 10.3 Å². The number of ether oxygens (including phenoxy) is 1. The number of pyridine rings is 1. The number of hydrogen-bond donors (Lipinski definition) is 1. The van der Waals surface area contributed by atoms with Crippen LogP contribution in [0.25, 0.3) is 0 Å². The van der Waals surface area contributed by atoms with E-state index in [4.69, 9.17) is 17.0 Å². The predicted molar refractivity (Wildman–Crippen MR) is 104 cm³/mol. The molecule has 3 rings (SSSR count). The zero-order valence-corrected chi connectivity index (χ0v) is 15.8. The smallest absolute Gasteiger partial charge is 0.189 e. The van der Waals surface area contributed by atoms with Crippen LogP contribution in [-0.4, -0.2) is 85.6 Å². The van der Waals surface area contributed by atoms with Crippen LogP contribution in [-0.2, 0) is 4.74 Å². The summed E-state index contributed by atoms with van der Waals surface area (Å²) < 4.78 is 5.14. The number of nitrogens with one attached hydrogen (secondary N) is 1. The predicted octanol–water partition coefficient (Wildman–Crippen LogP) is 0.764. The van der Waals surface area contributed by atoms with Crippen molar-refractivity contribution in [2.45, 2.75) is 6.42 Å². The lowest BCUT2D eigenvalue weighted by Gasteiger charge is -2.35. The highest BCUT2D eigenvalue weighted by Crippen LogP contribution is 2.23. The van der Waals surface area contributed by atoms with Gasteiger partial charge in [0, 0.05) is 66.0 Å². The maximum atomic E-state index is 5.52. The standard InChI is InChI=1S/C17H26N6OS/c1-21-7-5-14(16-15(21)4-3-6-18-16)19-20-17(25)23-10-8-22(9-11-23)12-13-24-2/h3-4,6H,5,7-13H2,1-2H3,(H,20,25)/b19-14-. The molecule has 2 aliphatic rings. The van der Waals surface area contributed by atoms with Crippen LogP contribution in [0.2, 0.25) is 0 Å². The van der Waals surface area contributed by atoms with Crippen molar-refractivity contribution >= 4 is 28.7 Å². The summed E-state index contributed by atoms with van der Waals surface area (Å²) in [5.41, 5.74) is 6.11. The molecule has 0 aliphatic carbocycles. The topological polar surface area (TPSA) is 56.2 Å². The van der Waals surface area contributed by atoms with E-state index in [2.05, 4.69) is 43.3 Å². The van der Waals surface area contributed by atoms with E-state index in [9.17, 15) is 0 Å². The van der Waals surface area contributed by atoms with E-state index in [0.29, 0.717) is 5.11 Å². The van der Waals surface area contributed by atoms with E-state index in [1.807, 2.05) is 12.3 Å². The summed E-state index contributed by atoms with van der Waals surface area (Å²) >= 11 is 5.52. The molecule has 0 spiro atoms. The van der Waals surface area contributed by atoms with Crippen molar-refractivity contribution in [1.29, 1.82) is 0 Å². The molecule has 0 atom stereocenters. The molecule has 0 unspecified atom stereocenters. The molecule has 1 fully saturated rings. The zero-order valence-electron chi connectivity index (χ0n) is 14.9. The van der Waals surface area contributed by atoms with Crippen molar-refractivity contribution in [3.63, 3.8) is 0 Å². The van der Waals surface area contributed by atoms with Gasteiger partial charge in [-0.3, -0.25) is 15.3 Å². The molecule has 0 saturated carbocycles. The summed E-state index contributed by atoms with van der Waals surface area (Å²) in [6.45, 7) is 6.51. The number of piperazine rings is 1. The first-order valence-electron chi connectivity index (χ1n) is 8.68. The van der Waals surface area contributed by atoms with Gasteiger partial charge < -0.3 is 14.5 Å². The Morgan fingerprint density at radius 2 is 2.12 bits per heavy atom. The fourth-order valence-electron chi connectivity index (χ4n) is 3.13. The number of aromatic nitrogens is 1. The first-order chi connectivity index (χ1) is 12.2. The van der Waals surface area contributed by atoms with Crippen LogP contribution in [0.15, 0.2) is 23.4 Å². The Hall–Kier alpha value is -1.77. The molecule has 0 aromatic carbocycles. The van der Waals surface area contributed by atoms with Gasteiger partial charge in [0.05, 0.1) is 18.0 Å². The van der Waals surface area contributed by atoms with Crippen molar-refractivity contribution < 1.29 is 4.74 Å². The van der Waals surface area contributed by atoms with Crippen LogP contribution >= 0.6 is 12.2 Å². The minimum Gasteiger partial charge on any atom is -0.383 e. The molecule has 25 heavy (non-hydrogen) atoms. The summed E-state index contributed by atoms with van der Waals surface area (Å²) in [7, 11) is 3.82. The first kappa shape index (κ1) is 18.0. The second kappa shape index (κ2) is 8.55. The number of methoxy groups -OCH3 is 1. The first-order valence-corrected chi connectivity index (χ1v) is 9.09. The van der Waals surface area contributed by atoms with Crippen molar-refractivity contribution in [1.82, 2.24) is 20.2 Å². The lowest BCUT2D eigenvalue weighted by atomic mass is 10.1. The highest BCUT2D eigenvalue weighted by molar-refractivity contribution is 7.80. The fourth-order valence-corrected chi connectivity index (χ4v) is 3.36. The molecule has 1 aromatic rings. The second-order valence-electron chi connectivity index (χ2n) is 6.34. The Bertz CT molecular complexity index is 629. The third-order valence-corrected chi connectivity index (χ3v) is 5.06. The van der Waals surface area contributed by atoms with Crippen LogP contribution in [0.5, 0.6) is 0 Å². The Balaban J connectivity index is 1.56. The molecule has 0 amide bonds. The SMILES string of the molecule is COCCN1CCN(C(=S)N/N=C2/CCN(C)c3cccnc32)CC1. The quantitative estimate of drug-likeness (QED) is 0.627. The summed E-state index contributed by atoms with van der Waals surface area (Å²) in [5, 5.41) is 5.25. The Kier molecular flexibility index (Phi) is 6.17. The number of anilines is 1. The van der Waals surface area contributed by atoms with Gasteiger partial charge in [-0.05, 0) is 24.4 Å². The summed E-state index contributed by atoms with van der Waals surface area (Å²) in [4.78, 5) is 11.3. The molecule has 0 bridgehead atoms. The third-order valence-electron chi connectivity index (χ3n) is 4.71. The monoisotopic (exact) mass is 362 g/mol. The van der Waals surface area contributed by atoms with Crippen molar-refractivity contribution in [3.05, 3.63) is 24.0 Å². The van der Waals surface area contributed by atoms with Gasteiger partial charge in [-0.1, -0.05) is 0 Å². The maximum absolute atomic E-state index is 5.52. The van der Waals surface area contributed by atoms with Crippen molar-refractivity contribution in [2.75, 3.05) is 64.9 Å². The number of fused-ring (bicyclic) bond motifs is 1. The van der Waals surface area contributed by atoms with E-state index >= 15 is 0 Å². The zero-order chi connectivity index (χ0) is 17.6. The van der Waals surface area contributed by atoms with Gasteiger partial charge in [0.2, 0.25) is 0 Å². The van der Waals surface area contributed by atoms with Gasteiger partial charge in [-0.15, -0.1) is 0 Å². The molecule has 1 aromatic heterocycles. The van der Waals surface area contributed by atoms with Crippen LogP contribution in [0, 0.1) is 0 Å². The van der Waals surface area contributed by atoms with Gasteiger partial charge in [0.15, 0.2) is 5.11 Å². The number of nitrogens with zero attached hydrogens (tertiary/aromatic N) is 5. The largest absolute Gasteiger partial charge is 0.383 e. The van der Waals surface area contributed by atoms with E-state index < -0.39 is 0 Å². The molecule has 2 aliphatic heterocycles. The average Bonchev–Trinajstić information content (AvgIpc) is 2.66. The van der Waals surface area contributed by atoms with E-state index in [0.717, 1.165) is 69.4 Å². The summed E-state index contributed by atoms with van der Waals surface area (Å²) in [5.74, 6) is 0. The summed E-state index contributed by atoms with van der Waals surface area (Å²) in [6, 6.07) is 4.04. The number of rotatable bonds is 4. The van der Waals surface area contributed by atoms with Gasteiger partial charge >= 0.3 is 0 Å². The summed E-state index contributed by atoms with van der Waals surface area (Å²) in [6.07, 6.45) is 2.67. The Morgan fingerprint density at radius 3 is 2.88 bits per heavy atom. The van der Waals surface area contributed by atoms with Gasteiger partial charge in [-0.25, -0.2) is 0 Å². The van der Waals surface area contributed by atoms with E-state index in [1.165, 1.54) is 0 Å². The molecule has 1 saturated heterocycles. The molecule has 0 radical (unpaired) electrons. The Morgan fingerprint density at radius 1 is 1.32 bits per heavy atom.